The Bertz CT molecular complexity index is 970. The highest BCUT2D eigenvalue weighted by molar-refractivity contribution is 7.20. The lowest BCUT2D eigenvalue weighted by Gasteiger charge is -2.05. The Labute approximate surface area is 126 Å². The SMILES string of the molecule is FC(F)(F)c1ccc2c(c1)nc1sc(-c3ccccn3)cn12. The molecule has 0 N–H and O–H groups in total. The molecule has 0 saturated heterocycles. The van der Waals surface area contributed by atoms with Crippen LogP contribution in [0.15, 0.2) is 48.8 Å². The number of imidazole rings is 1. The predicted octanol–water partition coefficient (Wildman–Crippen LogP) is 4.63. The number of benzene rings is 1. The number of aromatic nitrogens is 3. The monoisotopic (exact) mass is 319 g/mol. The summed E-state index contributed by atoms with van der Waals surface area (Å²) in [5.74, 6) is 0. The Balaban J connectivity index is 1.89. The Morgan fingerprint density at radius 2 is 1.95 bits per heavy atom. The molecule has 22 heavy (non-hydrogen) atoms. The molecular formula is C15H8F3N3S. The standard InChI is InChI=1S/C15H8F3N3S/c16-15(17,18)9-4-5-12-11(7-9)20-14-21(12)8-13(22-14)10-3-1-2-6-19-10/h1-8H. The van der Waals surface area contributed by atoms with E-state index in [0.717, 1.165) is 22.7 Å². The Kier molecular flexibility index (Phi) is 2.74. The second-order valence-electron chi connectivity index (χ2n) is 4.78. The van der Waals surface area contributed by atoms with Crippen molar-refractivity contribution < 1.29 is 13.2 Å². The molecular weight excluding hydrogens is 311 g/mol. The first-order valence-corrected chi connectivity index (χ1v) is 7.24. The quantitative estimate of drug-likeness (QED) is 0.512. The Morgan fingerprint density at radius 1 is 1.09 bits per heavy atom. The molecule has 4 aromatic rings. The molecule has 0 unspecified atom stereocenters. The van der Waals surface area contributed by atoms with Gasteiger partial charge in [0.2, 0.25) is 0 Å². The van der Waals surface area contributed by atoms with Gasteiger partial charge in [0.1, 0.15) is 0 Å². The minimum Gasteiger partial charge on any atom is -0.290 e. The van der Waals surface area contributed by atoms with Crippen LogP contribution in [0.2, 0.25) is 0 Å². The Hall–Kier alpha value is -2.41. The number of hydrogen-bond acceptors (Lipinski definition) is 3. The van der Waals surface area contributed by atoms with Crippen molar-refractivity contribution in [2.24, 2.45) is 0 Å². The summed E-state index contributed by atoms with van der Waals surface area (Å²) in [5, 5.41) is 0. The van der Waals surface area contributed by atoms with E-state index in [2.05, 4.69) is 9.97 Å². The highest BCUT2D eigenvalue weighted by Gasteiger charge is 2.31. The van der Waals surface area contributed by atoms with Crippen LogP contribution < -0.4 is 0 Å². The van der Waals surface area contributed by atoms with Crippen LogP contribution in [-0.2, 0) is 6.18 Å². The molecule has 3 aromatic heterocycles. The zero-order chi connectivity index (χ0) is 15.3. The molecule has 0 saturated carbocycles. The number of rotatable bonds is 1. The number of alkyl halides is 3. The van der Waals surface area contributed by atoms with Gasteiger partial charge in [-0.1, -0.05) is 17.4 Å². The fourth-order valence-electron chi connectivity index (χ4n) is 2.32. The van der Waals surface area contributed by atoms with Gasteiger partial charge in [-0.2, -0.15) is 13.2 Å². The van der Waals surface area contributed by atoms with Crippen LogP contribution in [-0.4, -0.2) is 14.4 Å². The first-order valence-electron chi connectivity index (χ1n) is 6.43. The van der Waals surface area contributed by atoms with E-state index in [9.17, 15) is 13.2 Å². The predicted molar refractivity (Wildman–Crippen MR) is 78.8 cm³/mol. The second kappa shape index (κ2) is 4.54. The number of fused-ring (bicyclic) bond motifs is 3. The van der Waals surface area contributed by atoms with Crippen LogP contribution in [0.25, 0.3) is 26.6 Å². The lowest BCUT2D eigenvalue weighted by molar-refractivity contribution is -0.137. The summed E-state index contributed by atoms with van der Waals surface area (Å²) in [4.78, 5) is 10.1. The molecule has 1 aromatic carbocycles. The topological polar surface area (TPSA) is 30.2 Å². The summed E-state index contributed by atoms with van der Waals surface area (Å²) in [6, 6.07) is 9.21. The maximum Gasteiger partial charge on any atom is 0.416 e. The summed E-state index contributed by atoms with van der Waals surface area (Å²) >= 11 is 1.40. The molecule has 0 bridgehead atoms. The number of nitrogens with zero attached hydrogens (tertiary/aromatic N) is 3. The van der Waals surface area contributed by atoms with Gasteiger partial charge in [0.15, 0.2) is 4.96 Å². The minimum absolute atomic E-state index is 0.341. The summed E-state index contributed by atoms with van der Waals surface area (Å²) in [6.45, 7) is 0. The molecule has 0 radical (unpaired) electrons. The van der Waals surface area contributed by atoms with E-state index >= 15 is 0 Å². The van der Waals surface area contributed by atoms with E-state index in [1.54, 1.807) is 10.6 Å². The second-order valence-corrected chi connectivity index (χ2v) is 5.79. The molecule has 0 atom stereocenters. The normalized spacial score (nSPS) is 12.3. The van der Waals surface area contributed by atoms with Crippen molar-refractivity contribution in [1.82, 2.24) is 14.4 Å². The van der Waals surface area contributed by atoms with Crippen molar-refractivity contribution in [3.63, 3.8) is 0 Å². The van der Waals surface area contributed by atoms with Crippen LogP contribution in [0.5, 0.6) is 0 Å². The van der Waals surface area contributed by atoms with Crippen LogP contribution in [0.3, 0.4) is 0 Å². The average molecular weight is 319 g/mol. The minimum atomic E-state index is -4.36. The molecule has 7 heteroatoms. The van der Waals surface area contributed by atoms with E-state index in [0.29, 0.717) is 16.0 Å². The zero-order valence-electron chi connectivity index (χ0n) is 11.0. The summed E-state index contributed by atoms with van der Waals surface area (Å²) in [7, 11) is 0. The third kappa shape index (κ3) is 2.05. The molecule has 0 amide bonds. The van der Waals surface area contributed by atoms with Crippen LogP contribution in [0.4, 0.5) is 13.2 Å². The molecule has 110 valence electrons. The third-order valence-corrected chi connectivity index (χ3v) is 4.35. The van der Waals surface area contributed by atoms with Crippen LogP contribution in [0.1, 0.15) is 5.56 Å². The van der Waals surface area contributed by atoms with Crippen molar-refractivity contribution in [2.45, 2.75) is 6.18 Å². The van der Waals surface area contributed by atoms with Crippen LogP contribution >= 0.6 is 11.3 Å². The summed E-state index contributed by atoms with van der Waals surface area (Å²) in [5.41, 5.74) is 1.13. The number of hydrogen-bond donors (Lipinski definition) is 0. The van der Waals surface area contributed by atoms with Crippen molar-refractivity contribution in [3.8, 4) is 10.6 Å². The van der Waals surface area contributed by atoms with Gasteiger partial charge in [0, 0.05) is 12.4 Å². The van der Waals surface area contributed by atoms with Gasteiger partial charge in [-0.3, -0.25) is 9.38 Å². The molecule has 4 rings (SSSR count). The number of thiazole rings is 1. The molecule has 0 aliphatic heterocycles. The third-order valence-electron chi connectivity index (χ3n) is 3.35. The molecule has 3 nitrogen and oxygen atoms in total. The maximum absolute atomic E-state index is 12.7. The molecule has 0 spiro atoms. The molecule has 0 aliphatic rings. The van der Waals surface area contributed by atoms with Crippen molar-refractivity contribution in [2.75, 3.05) is 0 Å². The molecule has 0 fully saturated rings. The lowest BCUT2D eigenvalue weighted by atomic mass is 10.2. The first-order chi connectivity index (χ1) is 10.5. The number of halogens is 3. The van der Waals surface area contributed by atoms with Gasteiger partial charge in [0.05, 0.1) is 27.2 Å². The smallest absolute Gasteiger partial charge is 0.290 e. The van der Waals surface area contributed by atoms with Crippen molar-refractivity contribution in [1.29, 1.82) is 0 Å². The fraction of sp³-hybridized carbons (Fsp3) is 0.0667. The average Bonchev–Trinajstić information content (AvgIpc) is 3.04. The zero-order valence-corrected chi connectivity index (χ0v) is 11.8. The Morgan fingerprint density at radius 3 is 2.68 bits per heavy atom. The van der Waals surface area contributed by atoms with Crippen molar-refractivity contribution in [3.05, 3.63) is 54.4 Å². The highest BCUT2D eigenvalue weighted by Crippen LogP contribution is 2.34. The fourth-order valence-corrected chi connectivity index (χ4v) is 3.29. The molecule has 3 heterocycles. The van der Waals surface area contributed by atoms with Gasteiger partial charge in [0.25, 0.3) is 0 Å². The molecule has 0 aliphatic carbocycles. The number of pyridine rings is 1. The van der Waals surface area contributed by atoms with E-state index in [4.69, 9.17) is 0 Å². The van der Waals surface area contributed by atoms with E-state index in [1.165, 1.54) is 17.4 Å². The lowest BCUT2D eigenvalue weighted by Crippen LogP contribution is -2.04. The maximum atomic E-state index is 12.7. The van der Waals surface area contributed by atoms with E-state index < -0.39 is 11.7 Å². The van der Waals surface area contributed by atoms with Gasteiger partial charge in [-0.15, -0.1) is 0 Å². The van der Waals surface area contributed by atoms with Crippen molar-refractivity contribution >= 4 is 27.3 Å². The summed E-state index contributed by atoms with van der Waals surface area (Å²) in [6.07, 6.45) is -0.805. The largest absolute Gasteiger partial charge is 0.416 e. The highest BCUT2D eigenvalue weighted by atomic mass is 32.1. The van der Waals surface area contributed by atoms with Gasteiger partial charge in [-0.25, -0.2) is 4.98 Å². The summed E-state index contributed by atoms with van der Waals surface area (Å²) < 4.78 is 40.0. The van der Waals surface area contributed by atoms with E-state index in [-0.39, 0.29) is 0 Å². The van der Waals surface area contributed by atoms with E-state index in [1.807, 2.05) is 24.4 Å². The van der Waals surface area contributed by atoms with Crippen LogP contribution in [0, 0.1) is 0 Å². The van der Waals surface area contributed by atoms with Gasteiger partial charge >= 0.3 is 6.18 Å². The van der Waals surface area contributed by atoms with Gasteiger partial charge in [-0.05, 0) is 30.3 Å². The van der Waals surface area contributed by atoms with Gasteiger partial charge < -0.3 is 0 Å². The first kappa shape index (κ1) is 13.3.